The van der Waals surface area contributed by atoms with Gasteiger partial charge in [-0.25, -0.2) is 4.79 Å². The summed E-state index contributed by atoms with van der Waals surface area (Å²) in [5.74, 6) is -0.868. The van der Waals surface area contributed by atoms with Gasteiger partial charge in [-0.15, -0.1) is 0 Å². The van der Waals surface area contributed by atoms with Gasteiger partial charge < -0.3 is 10.4 Å². The van der Waals surface area contributed by atoms with Crippen LogP contribution in [0.25, 0.3) is 0 Å². The zero-order valence-corrected chi connectivity index (χ0v) is 15.3. The lowest BCUT2D eigenvalue weighted by Crippen LogP contribution is -2.57. The highest BCUT2D eigenvalue weighted by atomic mass is 16.4. The van der Waals surface area contributed by atoms with Crippen LogP contribution >= 0.6 is 0 Å². The van der Waals surface area contributed by atoms with Gasteiger partial charge in [0, 0.05) is 18.7 Å². The van der Waals surface area contributed by atoms with Gasteiger partial charge in [-0.2, -0.15) is 5.10 Å². The number of hydrogen-bond donors (Lipinski definition) is 2. The Morgan fingerprint density at radius 3 is 2.42 bits per heavy atom. The van der Waals surface area contributed by atoms with E-state index in [0.717, 1.165) is 29.8 Å². The number of nitrogens with zero attached hydrogens (tertiary/aromatic N) is 2. The van der Waals surface area contributed by atoms with E-state index in [1.54, 1.807) is 0 Å². The van der Waals surface area contributed by atoms with Gasteiger partial charge in [0.05, 0.1) is 5.69 Å². The van der Waals surface area contributed by atoms with Gasteiger partial charge in [0.2, 0.25) is 5.91 Å². The molecule has 6 heteroatoms. The number of aryl methyl sites for hydroxylation is 2. The topological polar surface area (TPSA) is 84.2 Å². The SMILES string of the molecule is Cc1nn(C)c(C)c1CC(C)C(=O)NC1(C(=O)O)CCC(C)CC1. The minimum atomic E-state index is -1.10. The van der Waals surface area contributed by atoms with Crippen molar-refractivity contribution < 1.29 is 14.7 Å². The molecule has 1 aromatic heterocycles. The third kappa shape index (κ3) is 3.62. The average Bonchev–Trinajstić information content (AvgIpc) is 2.75. The van der Waals surface area contributed by atoms with Gasteiger partial charge in [0.25, 0.3) is 0 Å². The third-order valence-corrected chi connectivity index (χ3v) is 5.52. The molecule has 1 aliphatic carbocycles. The molecular weight excluding hydrogens is 306 g/mol. The van der Waals surface area contributed by atoms with E-state index in [1.807, 2.05) is 32.5 Å². The summed E-state index contributed by atoms with van der Waals surface area (Å²) < 4.78 is 1.82. The van der Waals surface area contributed by atoms with E-state index in [-0.39, 0.29) is 11.8 Å². The Balaban J connectivity index is 2.08. The Morgan fingerprint density at radius 2 is 1.96 bits per heavy atom. The van der Waals surface area contributed by atoms with Crippen molar-refractivity contribution in [2.75, 3.05) is 0 Å². The highest BCUT2D eigenvalue weighted by molar-refractivity contribution is 5.88. The van der Waals surface area contributed by atoms with Crippen molar-refractivity contribution in [3.8, 4) is 0 Å². The first kappa shape index (κ1) is 18.5. The van der Waals surface area contributed by atoms with E-state index >= 15 is 0 Å². The minimum absolute atomic E-state index is 0.186. The van der Waals surface area contributed by atoms with Crippen LogP contribution in [0.4, 0.5) is 0 Å². The summed E-state index contributed by atoms with van der Waals surface area (Å²) in [5.41, 5.74) is 1.94. The predicted octanol–water partition coefficient (Wildman–Crippen LogP) is 2.37. The number of rotatable bonds is 5. The van der Waals surface area contributed by atoms with Gasteiger partial charge in [-0.05, 0) is 57.4 Å². The molecule has 0 spiro atoms. The normalized spacial score (nSPS) is 25.3. The maximum absolute atomic E-state index is 12.6. The van der Waals surface area contributed by atoms with Crippen molar-refractivity contribution in [2.45, 2.75) is 65.3 Å². The van der Waals surface area contributed by atoms with Crippen LogP contribution in [0, 0.1) is 25.7 Å². The predicted molar refractivity (Wildman–Crippen MR) is 91.7 cm³/mol. The maximum Gasteiger partial charge on any atom is 0.329 e. The van der Waals surface area contributed by atoms with E-state index in [4.69, 9.17) is 0 Å². The van der Waals surface area contributed by atoms with Crippen LogP contribution in [-0.2, 0) is 23.1 Å². The number of nitrogens with one attached hydrogen (secondary N) is 1. The summed E-state index contributed by atoms with van der Waals surface area (Å²) in [6, 6.07) is 0. The van der Waals surface area contributed by atoms with Crippen molar-refractivity contribution in [1.29, 1.82) is 0 Å². The fourth-order valence-electron chi connectivity index (χ4n) is 3.52. The molecule has 1 heterocycles. The molecule has 24 heavy (non-hydrogen) atoms. The lowest BCUT2D eigenvalue weighted by Gasteiger charge is -2.37. The molecule has 1 unspecified atom stereocenters. The number of aliphatic carboxylic acids is 1. The lowest BCUT2D eigenvalue weighted by atomic mass is 9.76. The van der Waals surface area contributed by atoms with Crippen LogP contribution in [0.15, 0.2) is 0 Å². The van der Waals surface area contributed by atoms with Crippen LogP contribution in [0.3, 0.4) is 0 Å². The van der Waals surface area contributed by atoms with Gasteiger partial charge in [-0.3, -0.25) is 9.48 Å². The molecule has 0 aromatic carbocycles. The first-order valence-corrected chi connectivity index (χ1v) is 8.71. The molecule has 6 nitrogen and oxygen atoms in total. The molecule has 0 saturated heterocycles. The Morgan fingerprint density at radius 1 is 1.38 bits per heavy atom. The Bertz CT molecular complexity index is 628. The molecule has 134 valence electrons. The quantitative estimate of drug-likeness (QED) is 0.865. The summed E-state index contributed by atoms with van der Waals surface area (Å²) in [7, 11) is 1.89. The van der Waals surface area contributed by atoms with Crippen LogP contribution in [-0.4, -0.2) is 32.3 Å². The van der Waals surface area contributed by atoms with E-state index in [9.17, 15) is 14.7 Å². The molecule has 1 aliphatic rings. The van der Waals surface area contributed by atoms with Crippen LogP contribution in [0.5, 0.6) is 0 Å². The molecule has 1 aromatic rings. The highest BCUT2D eigenvalue weighted by Gasteiger charge is 2.43. The number of carboxylic acid groups (broad SMARTS) is 1. The zero-order valence-electron chi connectivity index (χ0n) is 15.3. The van der Waals surface area contributed by atoms with Crippen molar-refractivity contribution >= 4 is 11.9 Å². The third-order valence-electron chi connectivity index (χ3n) is 5.52. The number of hydrogen-bond acceptors (Lipinski definition) is 3. The van der Waals surface area contributed by atoms with Crippen molar-refractivity contribution in [3.05, 3.63) is 17.0 Å². The van der Waals surface area contributed by atoms with Crippen LogP contribution < -0.4 is 5.32 Å². The summed E-state index contributed by atoms with van der Waals surface area (Å²) >= 11 is 0. The number of carboxylic acids is 1. The summed E-state index contributed by atoms with van der Waals surface area (Å²) in [4.78, 5) is 24.4. The Hall–Kier alpha value is -1.85. The molecule has 1 fully saturated rings. The largest absolute Gasteiger partial charge is 0.480 e. The molecular formula is C18H29N3O3. The van der Waals surface area contributed by atoms with E-state index < -0.39 is 11.5 Å². The van der Waals surface area contributed by atoms with Crippen molar-refractivity contribution in [1.82, 2.24) is 15.1 Å². The first-order valence-electron chi connectivity index (χ1n) is 8.71. The molecule has 0 bridgehead atoms. The second-order valence-electron chi connectivity index (χ2n) is 7.44. The minimum Gasteiger partial charge on any atom is -0.480 e. The molecule has 2 rings (SSSR count). The van der Waals surface area contributed by atoms with Gasteiger partial charge in [-0.1, -0.05) is 13.8 Å². The van der Waals surface area contributed by atoms with E-state index in [1.165, 1.54) is 0 Å². The number of aromatic nitrogens is 2. The smallest absolute Gasteiger partial charge is 0.329 e. The Kier molecular flexibility index (Phi) is 5.35. The summed E-state index contributed by atoms with van der Waals surface area (Å²) in [5, 5.41) is 16.9. The van der Waals surface area contributed by atoms with Crippen LogP contribution in [0.2, 0.25) is 0 Å². The lowest BCUT2D eigenvalue weighted by molar-refractivity contribution is -0.150. The Labute approximate surface area is 143 Å². The molecule has 1 saturated carbocycles. The van der Waals surface area contributed by atoms with Crippen molar-refractivity contribution in [2.24, 2.45) is 18.9 Å². The molecule has 1 atom stereocenters. The fraction of sp³-hybridized carbons (Fsp3) is 0.722. The molecule has 0 radical (unpaired) electrons. The van der Waals surface area contributed by atoms with Gasteiger partial charge in [0.1, 0.15) is 5.54 Å². The zero-order chi connectivity index (χ0) is 18.1. The van der Waals surface area contributed by atoms with Crippen molar-refractivity contribution in [3.63, 3.8) is 0 Å². The second kappa shape index (κ2) is 6.95. The monoisotopic (exact) mass is 335 g/mol. The number of carbonyl (C=O) groups excluding carboxylic acids is 1. The summed E-state index contributed by atoms with van der Waals surface area (Å²) in [6.45, 7) is 7.90. The second-order valence-corrected chi connectivity index (χ2v) is 7.44. The molecule has 0 aliphatic heterocycles. The van der Waals surface area contributed by atoms with E-state index in [0.29, 0.717) is 25.2 Å². The fourth-order valence-corrected chi connectivity index (χ4v) is 3.52. The summed E-state index contributed by atoms with van der Waals surface area (Å²) in [6.07, 6.45) is 3.26. The highest BCUT2D eigenvalue weighted by Crippen LogP contribution is 2.32. The maximum atomic E-state index is 12.6. The number of carbonyl (C=O) groups is 2. The average molecular weight is 335 g/mol. The van der Waals surface area contributed by atoms with Gasteiger partial charge in [0.15, 0.2) is 0 Å². The molecule has 1 amide bonds. The van der Waals surface area contributed by atoms with Gasteiger partial charge >= 0.3 is 5.97 Å². The first-order chi connectivity index (χ1) is 11.2. The molecule has 2 N–H and O–H groups in total. The van der Waals surface area contributed by atoms with E-state index in [2.05, 4.69) is 17.3 Å². The standard InChI is InChI=1S/C18H29N3O3/c1-11-6-8-18(9-7-11,17(23)24)19-16(22)12(2)10-15-13(3)20-21(5)14(15)4/h11-12H,6-10H2,1-5H3,(H,19,22)(H,23,24). The number of amides is 1. The van der Waals surface area contributed by atoms with Crippen LogP contribution in [0.1, 0.15) is 56.5 Å².